The van der Waals surface area contributed by atoms with Gasteiger partial charge in [-0.05, 0) is 0 Å². The van der Waals surface area contributed by atoms with Crippen LogP contribution in [0, 0.1) is 18.3 Å². The SMILES string of the molecule is C#CCn1c(=O)n([C@@H]2O[C@H]([C@@H](C)C(F)(F)F)C[C@H]2OC(C)=O)c2nc(NC(C)=O)[nH]c(=O)c21. The van der Waals surface area contributed by atoms with Crippen molar-refractivity contribution in [2.75, 3.05) is 5.32 Å². The van der Waals surface area contributed by atoms with E-state index >= 15 is 0 Å². The topological polar surface area (TPSA) is 137 Å². The summed E-state index contributed by atoms with van der Waals surface area (Å²) in [4.78, 5) is 55.2. The molecule has 0 spiro atoms. The van der Waals surface area contributed by atoms with Crippen LogP contribution in [0.4, 0.5) is 19.1 Å². The second-order valence-electron chi connectivity index (χ2n) is 7.49. The van der Waals surface area contributed by atoms with E-state index in [0.717, 1.165) is 29.9 Å². The number of nitrogens with one attached hydrogen (secondary N) is 2. The average molecular weight is 471 g/mol. The molecule has 33 heavy (non-hydrogen) atoms. The van der Waals surface area contributed by atoms with E-state index in [1.807, 2.05) is 0 Å². The zero-order valence-electron chi connectivity index (χ0n) is 17.7. The number of anilines is 1. The molecule has 2 N–H and O–H groups in total. The number of amides is 1. The quantitative estimate of drug-likeness (QED) is 0.488. The Morgan fingerprint density at radius 1 is 1.39 bits per heavy atom. The van der Waals surface area contributed by atoms with Crippen LogP contribution >= 0.6 is 0 Å². The lowest BCUT2D eigenvalue weighted by Gasteiger charge is -2.22. The van der Waals surface area contributed by atoms with Crippen molar-refractivity contribution in [3.8, 4) is 12.3 Å². The van der Waals surface area contributed by atoms with Crippen LogP contribution in [-0.4, -0.2) is 49.4 Å². The number of halogens is 3. The number of hydrogen-bond acceptors (Lipinski definition) is 7. The Kier molecular flexibility index (Phi) is 6.37. The monoisotopic (exact) mass is 471 g/mol. The first-order chi connectivity index (χ1) is 15.3. The average Bonchev–Trinajstić information content (AvgIpc) is 3.18. The Labute approximate surface area is 183 Å². The van der Waals surface area contributed by atoms with Crippen molar-refractivity contribution in [2.24, 2.45) is 5.92 Å². The third kappa shape index (κ3) is 4.63. The van der Waals surface area contributed by atoms with Gasteiger partial charge in [-0.1, -0.05) is 12.8 Å². The predicted molar refractivity (Wildman–Crippen MR) is 107 cm³/mol. The molecular weight excluding hydrogens is 451 g/mol. The summed E-state index contributed by atoms with van der Waals surface area (Å²) in [6.45, 7) is 2.75. The molecule has 2 aromatic heterocycles. The lowest BCUT2D eigenvalue weighted by molar-refractivity contribution is -0.203. The fourth-order valence-electron chi connectivity index (χ4n) is 3.62. The maximum Gasteiger partial charge on any atom is 0.394 e. The van der Waals surface area contributed by atoms with Gasteiger partial charge < -0.3 is 9.47 Å². The summed E-state index contributed by atoms with van der Waals surface area (Å²) in [7, 11) is 0. The zero-order valence-corrected chi connectivity index (χ0v) is 17.7. The molecule has 2 aromatic rings. The molecule has 0 unspecified atom stereocenters. The largest absolute Gasteiger partial charge is 0.458 e. The Bertz CT molecular complexity index is 1250. The van der Waals surface area contributed by atoms with Gasteiger partial charge in [0, 0.05) is 20.3 Å². The maximum atomic E-state index is 13.3. The summed E-state index contributed by atoms with van der Waals surface area (Å²) in [5, 5.41) is 2.26. The first kappa shape index (κ1) is 24.1. The summed E-state index contributed by atoms with van der Waals surface area (Å²) in [6.07, 6.45) is -3.94. The van der Waals surface area contributed by atoms with Crippen molar-refractivity contribution in [1.82, 2.24) is 19.1 Å². The van der Waals surface area contributed by atoms with Gasteiger partial charge >= 0.3 is 17.8 Å². The smallest absolute Gasteiger partial charge is 0.394 e. The molecule has 178 valence electrons. The van der Waals surface area contributed by atoms with Crippen LogP contribution in [0.1, 0.15) is 33.4 Å². The highest BCUT2D eigenvalue weighted by Gasteiger charge is 2.50. The number of rotatable bonds is 5. The minimum Gasteiger partial charge on any atom is -0.458 e. The highest BCUT2D eigenvalue weighted by atomic mass is 19.4. The molecule has 1 aliphatic rings. The minimum atomic E-state index is -4.61. The number of imidazole rings is 1. The number of fused-ring (bicyclic) bond motifs is 1. The van der Waals surface area contributed by atoms with Crippen LogP contribution in [0.2, 0.25) is 0 Å². The zero-order chi connectivity index (χ0) is 24.7. The Balaban J connectivity index is 2.23. The fraction of sp³-hybridized carbons (Fsp3) is 0.526. The molecular formula is C19H20F3N5O6. The van der Waals surface area contributed by atoms with E-state index in [2.05, 4.69) is 21.2 Å². The van der Waals surface area contributed by atoms with Gasteiger partial charge in [0.25, 0.3) is 5.56 Å². The number of ether oxygens (including phenoxy) is 2. The van der Waals surface area contributed by atoms with Crippen molar-refractivity contribution >= 4 is 29.0 Å². The van der Waals surface area contributed by atoms with Gasteiger partial charge in [0.2, 0.25) is 11.9 Å². The first-order valence-electron chi connectivity index (χ1n) is 9.70. The number of hydrogen-bond donors (Lipinski definition) is 2. The summed E-state index contributed by atoms with van der Waals surface area (Å²) < 4.78 is 52.3. The lowest BCUT2D eigenvalue weighted by atomic mass is 10.0. The van der Waals surface area contributed by atoms with Gasteiger partial charge in [0.05, 0.1) is 18.6 Å². The highest BCUT2D eigenvalue weighted by Crippen LogP contribution is 2.40. The molecule has 3 rings (SSSR count). The Morgan fingerprint density at radius 3 is 2.61 bits per heavy atom. The van der Waals surface area contributed by atoms with E-state index in [9.17, 15) is 32.3 Å². The van der Waals surface area contributed by atoms with Crippen molar-refractivity contribution in [2.45, 2.75) is 58.3 Å². The number of carbonyl (C=O) groups is 2. The molecule has 0 aromatic carbocycles. The first-order valence-corrected chi connectivity index (χ1v) is 9.70. The highest BCUT2D eigenvalue weighted by molar-refractivity contribution is 5.87. The van der Waals surface area contributed by atoms with Crippen LogP contribution in [0.15, 0.2) is 9.59 Å². The Hall–Kier alpha value is -3.60. The molecule has 11 nitrogen and oxygen atoms in total. The van der Waals surface area contributed by atoms with Crippen LogP contribution in [0.3, 0.4) is 0 Å². The molecule has 14 heteroatoms. The molecule has 0 aliphatic carbocycles. The van der Waals surface area contributed by atoms with Gasteiger partial charge in [-0.2, -0.15) is 18.2 Å². The number of aromatic nitrogens is 4. The van der Waals surface area contributed by atoms with E-state index < -0.39 is 53.7 Å². The van der Waals surface area contributed by atoms with Crippen molar-refractivity contribution in [1.29, 1.82) is 0 Å². The molecule has 0 radical (unpaired) electrons. The number of aromatic amines is 1. The fourth-order valence-corrected chi connectivity index (χ4v) is 3.62. The molecule has 3 heterocycles. The number of esters is 1. The lowest BCUT2D eigenvalue weighted by Crippen LogP contribution is -2.34. The molecule has 4 atom stereocenters. The van der Waals surface area contributed by atoms with Gasteiger partial charge in [0.1, 0.15) is 6.10 Å². The maximum absolute atomic E-state index is 13.3. The normalized spacial score (nSPS) is 21.5. The van der Waals surface area contributed by atoms with Gasteiger partial charge in [-0.3, -0.25) is 29.3 Å². The van der Waals surface area contributed by atoms with Crippen molar-refractivity contribution in [3.63, 3.8) is 0 Å². The van der Waals surface area contributed by atoms with Gasteiger partial charge in [-0.25, -0.2) is 9.36 Å². The molecule has 0 saturated carbocycles. The molecule has 0 bridgehead atoms. The standard InChI is InChI=1S/C19H20F3N5O6/c1-5-6-26-13-14(24-17(23-9(3)28)25-15(13)30)27(18(26)31)16-12(32-10(4)29)7-11(33-16)8(2)19(20,21)22/h1,8,11-12,16H,6-7H2,2-4H3,(H2,23,24,25,28,30)/t8-,11+,12-,16-/m1/s1. The van der Waals surface area contributed by atoms with E-state index in [0.29, 0.717) is 0 Å². The minimum absolute atomic E-state index is 0.287. The van der Waals surface area contributed by atoms with Gasteiger partial charge in [-0.15, -0.1) is 6.42 Å². The summed E-state index contributed by atoms with van der Waals surface area (Å²) >= 11 is 0. The number of terminal acetylenes is 1. The summed E-state index contributed by atoms with van der Waals surface area (Å²) in [6, 6.07) is 0. The Morgan fingerprint density at radius 2 is 2.06 bits per heavy atom. The van der Waals surface area contributed by atoms with Crippen molar-refractivity contribution in [3.05, 3.63) is 20.8 Å². The van der Waals surface area contributed by atoms with E-state index in [1.165, 1.54) is 0 Å². The molecule has 1 amide bonds. The third-order valence-corrected chi connectivity index (χ3v) is 5.10. The predicted octanol–water partition coefficient (Wildman–Crippen LogP) is 0.895. The van der Waals surface area contributed by atoms with E-state index in [-0.39, 0.29) is 30.1 Å². The number of H-pyrrole nitrogens is 1. The molecule has 1 fully saturated rings. The number of nitrogens with zero attached hydrogens (tertiary/aromatic N) is 3. The second kappa shape index (κ2) is 8.74. The number of alkyl halides is 3. The van der Waals surface area contributed by atoms with Crippen LogP contribution < -0.4 is 16.6 Å². The van der Waals surface area contributed by atoms with E-state index in [4.69, 9.17) is 15.9 Å². The van der Waals surface area contributed by atoms with Crippen LogP contribution in [0.25, 0.3) is 11.2 Å². The second-order valence-corrected chi connectivity index (χ2v) is 7.49. The van der Waals surface area contributed by atoms with Crippen molar-refractivity contribution < 1.29 is 32.2 Å². The van der Waals surface area contributed by atoms with Gasteiger partial charge in [0.15, 0.2) is 17.4 Å². The van der Waals surface area contributed by atoms with Crippen LogP contribution in [-0.2, 0) is 25.6 Å². The number of carbonyl (C=O) groups excluding carboxylic acids is 2. The van der Waals surface area contributed by atoms with Crippen LogP contribution in [0.5, 0.6) is 0 Å². The molecule has 1 saturated heterocycles. The molecule has 1 aliphatic heterocycles. The summed E-state index contributed by atoms with van der Waals surface area (Å²) in [5.74, 6) is -1.43. The third-order valence-electron chi connectivity index (χ3n) is 5.10. The van der Waals surface area contributed by atoms with E-state index in [1.54, 1.807) is 0 Å². The summed E-state index contributed by atoms with van der Waals surface area (Å²) in [5.41, 5.74) is -2.35.